The molecule has 0 spiro atoms. The lowest BCUT2D eigenvalue weighted by Gasteiger charge is -2.13. The second-order valence-corrected chi connectivity index (χ2v) is 20.6. The minimum Gasteiger partial charge on any atom is -0.494 e. The molecular formula is C64H93N7O6. The zero-order valence-corrected chi connectivity index (χ0v) is 47.5. The van der Waals surface area contributed by atoms with E-state index in [9.17, 15) is 0 Å². The molecule has 0 saturated carbocycles. The van der Waals surface area contributed by atoms with Crippen molar-refractivity contribution in [2.75, 3.05) is 39.6 Å². The molecule has 0 fully saturated rings. The van der Waals surface area contributed by atoms with Gasteiger partial charge in [-0.15, -0.1) is 10.2 Å². The Kier molecular flexibility index (Phi) is 28.8. The van der Waals surface area contributed by atoms with Gasteiger partial charge >= 0.3 is 0 Å². The van der Waals surface area contributed by atoms with E-state index >= 15 is 0 Å². The highest BCUT2D eigenvalue weighted by Gasteiger charge is 2.11. The summed E-state index contributed by atoms with van der Waals surface area (Å²) in [5.41, 5.74) is 6.61. The lowest BCUT2D eigenvalue weighted by molar-refractivity contribution is 0.289. The van der Waals surface area contributed by atoms with Gasteiger partial charge in [0.1, 0.15) is 34.5 Å². The van der Waals surface area contributed by atoms with Gasteiger partial charge in [0.05, 0.1) is 64.1 Å². The molecule has 0 saturated heterocycles. The number of nitrogens with one attached hydrogen (secondary N) is 1. The van der Waals surface area contributed by atoms with Gasteiger partial charge in [0.25, 0.3) is 0 Å². The first-order chi connectivity index (χ1) is 38.0. The predicted octanol–water partition coefficient (Wildman–Crippen LogP) is 14.9. The van der Waals surface area contributed by atoms with Crippen molar-refractivity contribution in [2.45, 2.75) is 195 Å². The van der Waals surface area contributed by atoms with Crippen molar-refractivity contribution in [1.29, 1.82) is 0 Å². The van der Waals surface area contributed by atoms with Crippen molar-refractivity contribution in [3.63, 3.8) is 0 Å². The molecule has 6 rings (SSSR count). The number of aromatic nitrogens is 6. The SMILES string of the molecule is CCCCCCOc1cc(Cn2cc(CCCCOc3ccc(CNCc4ccc(OCCCCc5cn(Cc6cc(OCCCCCC)cc(OCCCCCC)c6)nn5)cc4)cc3)nn2)cc(OCCCCCC)c1. The summed E-state index contributed by atoms with van der Waals surface area (Å²) in [7, 11) is 0. The molecule has 0 aliphatic carbocycles. The van der Waals surface area contributed by atoms with Crippen LogP contribution in [0.4, 0.5) is 0 Å². The number of benzene rings is 4. The number of aryl methyl sites for hydroxylation is 2. The Morgan fingerprint density at radius 3 is 0.974 bits per heavy atom. The van der Waals surface area contributed by atoms with E-state index in [2.05, 4.69) is 139 Å². The van der Waals surface area contributed by atoms with Gasteiger partial charge in [-0.05, 0) is 135 Å². The number of nitrogens with zero attached hydrogens (tertiary/aromatic N) is 6. The van der Waals surface area contributed by atoms with Crippen molar-refractivity contribution >= 4 is 0 Å². The highest BCUT2D eigenvalue weighted by Crippen LogP contribution is 2.27. The summed E-state index contributed by atoms with van der Waals surface area (Å²) in [4.78, 5) is 0. The lowest BCUT2D eigenvalue weighted by Crippen LogP contribution is -2.12. The topological polar surface area (TPSA) is 129 Å². The summed E-state index contributed by atoms with van der Waals surface area (Å²) >= 11 is 0. The van der Waals surface area contributed by atoms with E-state index in [0.29, 0.717) is 26.3 Å². The summed E-state index contributed by atoms with van der Waals surface area (Å²) in [5.74, 6) is 5.22. The van der Waals surface area contributed by atoms with Crippen molar-refractivity contribution in [3.05, 3.63) is 131 Å². The van der Waals surface area contributed by atoms with E-state index in [0.717, 1.165) is 161 Å². The molecule has 0 bridgehead atoms. The molecule has 2 heterocycles. The van der Waals surface area contributed by atoms with Crippen LogP contribution in [0, 0.1) is 0 Å². The molecule has 0 atom stereocenters. The summed E-state index contributed by atoms with van der Waals surface area (Å²) in [6.45, 7) is 15.9. The van der Waals surface area contributed by atoms with E-state index in [-0.39, 0.29) is 0 Å². The minimum atomic E-state index is 0.616. The fourth-order valence-electron chi connectivity index (χ4n) is 9.04. The lowest BCUT2D eigenvalue weighted by atomic mass is 10.2. The molecule has 0 aliphatic heterocycles. The smallest absolute Gasteiger partial charge is 0.123 e. The predicted molar refractivity (Wildman–Crippen MR) is 310 cm³/mol. The maximum atomic E-state index is 6.17. The first-order valence-electron chi connectivity index (χ1n) is 29.7. The maximum absolute atomic E-state index is 6.17. The second kappa shape index (κ2) is 36.9. The van der Waals surface area contributed by atoms with Gasteiger partial charge in [-0.2, -0.15) is 0 Å². The van der Waals surface area contributed by atoms with Gasteiger partial charge in [-0.1, -0.05) is 139 Å². The van der Waals surface area contributed by atoms with Crippen molar-refractivity contribution in [1.82, 2.24) is 35.3 Å². The van der Waals surface area contributed by atoms with Gasteiger partial charge in [-0.25, -0.2) is 9.36 Å². The Morgan fingerprint density at radius 1 is 0.338 bits per heavy atom. The molecular weight excluding hydrogens is 963 g/mol. The Labute approximate surface area is 462 Å². The van der Waals surface area contributed by atoms with Crippen LogP contribution >= 0.6 is 0 Å². The van der Waals surface area contributed by atoms with Crippen LogP contribution in [0.15, 0.2) is 97.3 Å². The summed E-state index contributed by atoms with van der Waals surface area (Å²) in [6, 6.07) is 29.2. The third kappa shape index (κ3) is 24.9. The van der Waals surface area contributed by atoms with Crippen LogP contribution in [-0.2, 0) is 39.0 Å². The van der Waals surface area contributed by atoms with Gasteiger partial charge in [0, 0.05) is 37.6 Å². The minimum absolute atomic E-state index is 0.616. The first-order valence-corrected chi connectivity index (χ1v) is 29.7. The Bertz CT molecular complexity index is 2220. The zero-order valence-electron chi connectivity index (χ0n) is 47.5. The largest absolute Gasteiger partial charge is 0.494 e. The first kappa shape index (κ1) is 60.2. The van der Waals surface area contributed by atoms with Crippen LogP contribution in [0.5, 0.6) is 34.5 Å². The number of rotatable bonds is 44. The van der Waals surface area contributed by atoms with Gasteiger partial charge in [0.2, 0.25) is 0 Å². The van der Waals surface area contributed by atoms with Crippen LogP contribution in [0.3, 0.4) is 0 Å². The highest BCUT2D eigenvalue weighted by molar-refractivity contribution is 5.40. The summed E-state index contributed by atoms with van der Waals surface area (Å²) in [5, 5.41) is 21.4. The van der Waals surface area contributed by atoms with Crippen molar-refractivity contribution < 1.29 is 28.4 Å². The maximum Gasteiger partial charge on any atom is 0.123 e. The van der Waals surface area contributed by atoms with E-state index in [4.69, 9.17) is 28.4 Å². The Morgan fingerprint density at radius 2 is 0.649 bits per heavy atom. The van der Waals surface area contributed by atoms with Crippen LogP contribution in [-0.4, -0.2) is 69.6 Å². The quantitative estimate of drug-likeness (QED) is 0.0367. The van der Waals surface area contributed by atoms with Gasteiger partial charge in [0.15, 0.2) is 0 Å². The number of hydrogen-bond donors (Lipinski definition) is 1. The van der Waals surface area contributed by atoms with Gasteiger partial charge < -0.3 is 33.7 Å². The average Bonchev–Trinajstić information content (AvgIpc) is 4.09. The van der Waals surface area contributed by atoms with E-state index in [1.165, 1.54) is 88.2 Å². The molecule has 2 aromatic heterocycles. The molecule has 1 N–H and O–H groups in total. The Hall–Kier alpha value is -6.08. The van der Waals surface area contributed by atoms with Crippen LogP contribution in [0.1, 0.15) is 190 Å². The molecule has 77 heavy (non-hydrogen) atoms. The summed E-state index contributed by atoms with van der Waals surface area (Å²) < 4.78 is 40.7. The average molecular weight is 1060 g/mol. The monoisotopic (exact) mass is 1060 g/mol. The van der Waals surface area contributed by atoms with Crippen molar-refractivity contribution in [3.8, 4) is 34.5 Å². The molecule has 13 nitrogen and oxygen atoms in total. The number of hydrogen-bond acceptors (Lipinski definition) is 11. The fraction of sp³-hybridized carbons (Fsp3) is 0.562. The third-order valence-corrected chi connectivity index (χ3v) is 13.5. The molecule has 0 radical (unpaired) electrons. The van der Waals surface area contributed by atoms with Gasteiger partial charge in [-0.3, -0.25) is 0 Å². The highest BCUT2D eigenvalue weighted by atomic mass is 16.5. The molecule has 0 aliphatic rings. The molecule has 13 heteroatoms. The van der Waals surface area contributed by atoms with E-state index in [1.54, 1.807) is 0 Å². The van der Waals surface area contributed by atoms with Crippen molar-refractivity contribution in [2.24, 2.45) is 0 Å². The van der Waals surface area contributed by atoms with E-state index in [1.807, 2.05) is 21.5 Å². The molecule has 420 valence electrons. The standard InChI is InChI=1S/C64H93N7O6/c1-5-9-13-19-35-74-61-41-55(42-62(45-61)75-36-20-14-10-6-2)49-70-51-57(66-68-70)25-17-23-39-72-59-31-27-53(28-32-59)47-65-48-54-29-33-60(34-30-54)73-40-24-18-26-58-52-71(69-67-58)50-56-43-63(76-37-21-15-11-7-3)46-64(44-56)77-38-22-16-12-8-4/h27-34,41-46,51-52,65H,5-26,35-40,47-50H2,1-4H3. The molecule has 6 aromatic rings. The van der Waals surface area contributed by atoms with Crippen LogP contribution in [0.2, 0.25) is 0 Å². The number of ether oxygens (including phenoxy) is 6. The normalized spacial score (nSPS) is 11.3. The number of unbranched alkanes of at least 4 members (excludes halogenated alkanes) is 14. The Balaban J connectivity index is 0.819. The molecule has 0 unspecified atom stereocenters. The van der Waals surface area contributed by atoms with Crippen LogP contribution < -0.4 is 33.7 Å². The van der Waals surface area contributed by atoms with Crippen LogP contribution in [0.25, 0.3) is 0 Å². The summed E-state index contributed by atoms with van der Waals surface area (Å²) in [6.07, 6.45) is 28.5. The molecule has 0 amide bonds. The van der Waals surface area contributed by atoms with E-state index < -0.39 is 0 Å². The third-order valence-electron chi connectivity index (χ3n) is 13.5. The molecule has 4 aromatic carbocycles. The second-order valence-electron chi connectivity index (χ2n) is 20.6. The zero-order chi connectivity index (χ0) is 53.8. The fourth-order valence-corrected chi connectivity index (χ4v) is 9.04.